The second-order valence-electron chi connectivity index (χ2n) is 4.18. The zero-order chi connectivity index (χ0) is 10.9. The van der Waals surface area contributed by atoms with Gasteiger partial charge < -0.3 is 15.8 Å². The first-order chi connectivity index (χ1) is 7.22. The van der Waals surface area contributed by atoms with Crippen molar-refractivity contribution in [2.45, 2.75) is 24.7 Å². The molecule has 0 heterocycles. The number of nitrogen functional groups attached to an aromatic ring is 1. The van der Waals surface area contributed by atoms with Crippen LogP contribution in [0, 0.1) is 0 Å². The Kier molecular flexibility index (Phi) is 2.39. The van der Waals surface area contributed by atoms with Crippen molar-refractivity contribution in [2.24, 2.45) is 0 Å². The predicted octanol–water partition coefficient (Wildman–Crippen LogP) is 1.93. The van der Waals surface area contributed by atoms with Crippen molar-refractivity contribution in [3.8, 4) is 0 Å². The third-order valence-corrected chi connectivity index (χ3v) is 3.32. The molecule has 1 aromatic rings. The summed E-state index contributed by atoms with van der Waals surface area (Å²) < 4.78 is 0. The SMILES string of the molecule is CNc1ccc(N)cc1C1(C=O)CCC1. The average molecular weight is 204 g/mol. The fourth-order valence-corrected chi connectivity index (χ4v) is 2.20. The maximum Gasteiger partial charge on any atom is 0.130 e. The smallest absolute Gasteiger partial charge is 0.130 e. The van der Waals surface area contributed by atoms with E-state index in [0.29, 0.717) is 0 Å². The molecule has 0 amide bonds. The number of hydrogen-bond acceptors (Lipinski definition) is 3. The van der Waals surface area contributed by atoms with Crippen molar-refractivity contribution in [1.82, 2.24) is 0 Å². The number of rotatable bonds is 3. The molecule has 0 radical (unpaired) electrons. The van der Waals surface area contributed by atoms with E-state index >= 15 is 0 Å². The second-order valence-corrected chi connectivity index (χ2v) is 4.18. The van der Waals surface area contributed by atoms with Crippen LogP contribution in [0.2, 0.25) is 0 Å². The molecule has 3 nitrogen and oxygen atoms in total. The molecule has 1 fully saturated rings. The van der Waals surface area contributed by atoms with Crippen LogP contribution in [0.25, 0.3) is 0 Å². The zero-order valence-corrected chi connectivity index (χ0v) is 8.92. The highest BCUT2D eigenvalue weighted by atomic mass is 16.1. The fraction of sp³-hybridized carbons (Fsp3) is 0.417. The number of carbonyl (C=O) groups excluding carboxylic acids is 1. The molecule has 1 aliphatic carbocycles. The van der Waals surface area contributed by atoms with E-state index in [2.05, 4.69) is 5.32 Å². The van der Waals surface area contributed by atoms with Gasteiger partial charge in [0.15, 0.2) is 0 Å². The van der Waals surface area contributed by atoms with Crippen molar-refractivity contribution in [3.63, 3.8) is 0 Å². The normalized spacial score (nSPS) is 17.9. The van der Waals surface area contributed by atoms with Crippen molar-refractivity contribution >= 4 is 17.7 Å². The molecule has 3 heteroatoms. The minimum atomic E-state index is -0.284. The molecule has 80 valence electrons. The highest BCUT2D eigenvalue weighted by molar-refractivity contribution is 5.76. The summed E-state index contributed by atoms with van der Waals surface area (Å²) in [7, 11) is 1.87. The Balaban J connectivity index is 2.49. The predicted molar refractivity (Wildman–Crippen MR) is 62.0 cm³/mol. The van der Waals surface area contributed by atoms with Crippen LogP contribution in [0.3, 0.4) is 0 Å². The first-order valence-corrected chi connectivity index (χ1v) is 5.26. The van der Waals surface area contributed by atoms with E-state index in [1.807, 2.05) is 25.2 Å². The van der Waals surface area contributed by atoms with Gasteiger partial charge in [0.1, 0.15) is 6.29 Å². The van der Waals surface area contributed by atoms with E-state index in [1.54, 1.807) is 0 Å². The van der Waals surface area contributed by atoms with E-state index in [9.17, 15) is 4.79 Å². The van der Waals surface area contributed by atoms with E-state index in [-0.39, 0.29) is 5.41 Å². The lowest BCUT2D eigenvalue weighted by Crippen LogP contribution is -2.36. The first kappa shape index (κ1) is 10.0. The Bertz CT molecular complexity index is 383. The van der Waals surface area contributed by atoms with Crippen LogP contribution < -0.4 is 11.1 Å². The summed E-state index contributed by atoms with van der Waals surface area (Å²) in [6, 6.07) is 5.71. The lowest BCUT2D eigenvalue weighted by molar-refractivity contribution is -0.115. The van der Waals surface area contributed by atoms with E-state index in [0.717, 1.165) is 42.5 Å². The summed E-state index contributed by atoms with van der Waals surface area (Å²) in [5.74, 6) is 0. The van der Waals surface area contributed by atoms with Gasteiger partial charge in [0.2, 0.25) is 0 Å². The van der Waals surface area contributed by atoms with E-state index in [1.165, 1.54) is 0 Å². The molecule has 0 aliphatic heterocycles. The third kappa shape index (κ3) is 1.48. The van der Waals surface area contributed by atoms with Gasteiger partial charge in [0, 0.05) is 18.4 Å². The van der Waals surface area contributed by atoms with E-state index in [4.69, 9.17) is 5.73 Å². The van der Waals surface area contributed by atoms with Crippen molar-refractivity contribution in [1.29, 1.82) is 0 Å². The highest BCUT2D eigenvalue weighted by Crippen LogP contribution is 2.45. The quantitative estimate of drug-likeness (QED) is 0.584. The molecular formula is C12H16N2O. The van der Waals surface area contributed by atoms with Gasteiger partial charge in [-0.25, -0.2) is 0 Å². The molecule has 1 aliphatic rings. The summed E-state index contributed by atoms with van der Waals surface area (Å²) in [6.07, 6.45) is 4.08. The second kappa shape index (κ2) is 3.57. The molecule has 15 heavy (non-hydrogen) atoms. The Hall–Kier alpha value is -1.51. The van der Waals surface area contributed by atoms with Crippen LogP contribution in [0.1, 0.15) is 24.8 Å². The Morgan fingerprint density at radius 3 is 2.67 bits per heavy atom. The summed E-state index contributed by atoms with van der Waals surface area (Å²) >= 11 is 0. The molecule has 0 unspecified atom stereocenters. The monoisotopic (exact) mass is 204 g/mol. The Labute approximate surface area is 89.7 Å². The maximum atomic E-state index is 11.2. The topological polar surface area (TPSA) is 55.1 Å². The molecular weight excluding hydrogens is 188 g/mol. The lowest BCUT2D eigenvalue weighted by atomic mass is 9.65. The van der Waals surface area contributed by atoms with Crippen LogP contribution in [-0.2, 0) is 10.2 Å². The average Bonchev–Trinajstić information content (AvgIpc) is 2.17. The Morgan fingerprint density at radius 1 is 1.47 bits per heavy atom. The zero-order valence-electron chi connectivity index (χ0n) is 8.92. The van der Waals surface area contributed by atoms with Crippen LogP contribution in [0.5, 0.6) is 0 Å². The lowest BCUT2D eigenvalue weighted by Gasteiger charge is -2.38. The molecule has 0 saturated heterocycles. The summed E-state index contributed by atoms with van der Waals surface area (Å²) in [6.45, 7) is 0. The number of benzene rings is 1. The molecule has 0 spiro atoms. The molecule has 0 atom stereocenters. The van der Waals surface area contributed by atoms with Crippen LogP contribution >= 0.6 is 0 Å². The van der Waals surface area contributed by atoms with Gasteiger partial charge in [-0.1, -0.05) is 6.42 Å². The minimum absolute atomic E-state index is 0.284. The van der Waals surface area contributed by atoms with E-state index < -0.39 is 0 Å². The maximum absolute atomic E-state index is 11.2. The summed E-state index contributed by atoms with van der Waals surface area (Å²) in [4.78, 5) is 11.2. The standard InChI is InChI=1S/C12H16N2O/c1-14-11-4-3-9(13)7-10(11)12(8-15)5-2-6-12/h3-4,7-8,14H,2,5-6,13H2,1H3. The third-order valence-electron chi connectivity index (χ3n) is 3.32. The van der Waals surface area contributed by atoms with Gasteiger partial charge in [-0.3, -0.25) is 0 Å². The van der Waals surface area contributed by atoms with Crippen molar-refractivity contribution in [3.05, 3.63) is 23.8 Å². The number of carbonyl (C=O) groups is 1. The molecule has 1 saturated carbocycles. The largest absolute Gasteiger partial charge is 0.399 e. The number of nitrogens with two attached hydrogens (primary N) is 1. The van der Waals surface area contributed by atoms with Crippen LogP contribution in [0.4, 0.5) is 11.4 Å². The number of nitrogens with one attached hydrogen (secondary N) is 1. The van der Waals surface area contributed by atoms with Gasteiger partial charge in [0.05, 0.1) is 5.41 Å². The molecule has 1 aromatic carbocycles. The number of aldehydes is 1. The van der Waals surface area contributed by atoms with Crippen LogP contribution in [0.15, 0.2) is 18.2 Å². The first-order valence-electron chi connectivity index (χ1n) is 5.26. The van der Waals surface area contributed by atoms with Gasteiger partial charge in [-0.05, 0) is 36.6 Å². The molecule has 0 aromatic heterocycles. The van der Waals surface area contributed by atoms with Crippen molar-refractivity contribution in [2.75, 3.05) is 18.1 Å². The van der Waals surface area contributed by atoms with Crippen LogP contribution in [-0.4, -0.2) is 13.3 Å². The highest BCUT2D eigenvalue weighted by Gasteiger charge is 2.40. The fourth-order valence-electron chi connectivity index (χ4n) is 2.20. The van der Waals surface area contributed by atoms with Gasteiger partial charge in [-0.15, -0.1) is 0 Å². The summed E-state index contributed by atoms with van der Waals surface area (Å²) in [5, 5.41) is 3.12. The van der Waals surface area contributed by atoms with Gasteiger partial charge >= 0.3 is 0 Å². The van der Waals surface area contributed by atoms with Crippen molar-refractivity contribution < 1.29 is 4.79 Å². The Morgan fingerprint density at radius 2 is 2.20 bits per heavy atom. The number of anilines is 2. The summed E-state index contributed by atoms with van der Waals surface area (Å²) in [5.41, 5.74) is 8.26. The molecule has 3 N–H and O–H groups in total. The molecule has 0 bridgehead atoms. The minimum Gasteiger partial charge on any atom is -0.399 e. The molecule has 2 rings (SSSR count). The number of hydrogen-bond donors (Lipinski definition) is 2. The van der Waals surface area contributed by atoms with Gasteiger partial charge in [-0.2, -0.15) is 0 Å². The van der Waals surface area contributed by atoms with Gasteiger partial charge in [0.25, 0.3) is 0 Å².